The zero-order valence-corrected chi connectivity index (χ0v) is 20.6. The maximum atomic E-state index is 5.06. The third kappa shape index (κ3) is 2.93. The quantitative estimate of drug-likeness (QED) is 0.245. The lowest BCUT2D eigenvalue weighted by atomic mass is 10.0. The predicted octanol–water partition coefficient (Wildman–Crippen LogP) is 8.94. The van der Waals surface area contributed by atoms with Gasteiger partial charge in [-0.25, -0.2) is 0 Å². The van der Waals surface area contributed by atoms with Gasteiger partial charge in [0.2, 0.25) is 0 Å². The largest absolute Gasteiger partial charge is 0.309 e. The molecular weight excluding hydrogens is 462 g/mol. The fraction of sp³-hybridized carbons (Fsp3) is 0. The topological polar surface area (TPSA) is 22.8 Å². The van der Waals surface area contributed by atoms with E-state index in [1.165, 1.54) is 38.1 Å². The Kier molecular flexibility index (Phi) is 4.52. The van der Waals surface area contributed by atoms with Crippen LogP contribution in [-0.2, 0) is 0 Å². The summed E-state index contributed by atoms with van der Waals surface area (Å²) in [5, 5.41) is 4.85. The van der Waals surface area contributed by atoms with Crippen LogP contribution in [-0.4, -0.2) is 14.1 Å². The molecule has 0 aliphatic rings. The molecule has 0 bridgehead atoms. The fourth-order valence-corrected chi connectivity index (χ4v) is 6.03. The van der Waals surface area contributed by atoms with Crippen LogP contribution in [0.1, 0.15) is 0 Å². The molecule has 0 fully saturated rings. The molecule has 0 atom stereocenters. The van der Waals surface area contributed by atoms with Gasteiger partial charge in [0.1, 0.15) is 0 Å². The standard InChI is InChI=1S/C35H23N3/c1-3-12-24(13-4-1)37-31-21-10-8-17-28(31)33-32(37)22-23-36-34(33)29-19-11-18-27-26-16-7-9-20-30(26)38(35(27)29)25-14-5-2-6-15-25/h1-23H. The van der Waals surface area contributed by atoms with E-state index < -0.39 is 0 Å². The highest BCUT2D eigenvalue weighted by atomic mass is 15.0. The molecule has 38 heavy (non-hydrogen) atoms. The molecule has 0 unspecified atom stereocenters. The lowest BCUT2D eigenvalue weighted by molar-refractivity contribution is 1.17. The van der Waals surface area contributed by atoms with Crippen LogP contribution in [0.2, 0.25) is 0 Å². The minimum atomic E-state index is 0.999. The van der Waals surface area contributed by atoms with Gasteiger partial charge < -0.3 is 9.13 Å². The average molecular weight is 486 g/mol. The fourth-order valence-electron chi connectivity index (χ4n) is 6.03. The van der Waals surface area contributed by atoms with Crippen molar-refractivity contribution in [1.82, 2.24) is 14.1 Å². The first-order valence-electron chi connectivity index (χ1n) is 12.9. The summed E-state index contributed by atoms with van der Waals surface area (Å²) in [7, 11) is 0. The van der Waals surface area contributed by atoms with E-state index in [-0.39, 0.29) is 0 Å². The predicted molar refractivity (Wildman–Crippen MR) is 158 cm³/mol. The van der Waals surface area contributed by atoms with Crippen molar-refractivity contribution in [2.45, 2.75) is 0 Å². The second kappa shape index (κ2) is 8.19. The molecule has 3 heterocycles. The van der Waals surface area contributed by atoms with Crippen LogP contribution in [0.15, 0.2) is 140 Å². The van der Waals surface area contributed by atoms with Crippen molar-refractivity contribution in [3.63, 3.8) is 0 Å². The molecule has 0 saturated heterocycles. The molecule has 0 aliphatic heterocycles. The number of nitrogens with zero attached hydrogens (tertiary/aromatic N) is 3. The number of aromatic nitrogens is 3. The van der Waals surface area contributed by atoms with Crippen LogP contribution in [0.3, 0.4) is 0 Å². The van der Waals surface area contributed by atoms with Gasteiger partial charge in [0.25, 0.3) is 0 Å². The summed E-state index contributed by atoms with van der Waals surface area (Å²) in [5.74, 6) is 0. The summed E-state index contributed by atoms with van der Waals surface area (Å²) >= 11 is 0. The molecule has 3 aromatic heterocycles. The van der Waals surface area contributed by atoms with Crippen LogP contribution < -0.4 is 0 Å². The van der Waals surface area contributed by atoms with E-state index >= 15 is 0 Å². The molecule has 0 N–H and O–H groups in total. The molecule has 3 heteroatoms. The maximum absolute atomic E-state index is 5.06. The normalized spacial score (nSPS) is 11.7. The van der Waals surface area contributed by atoms with Crippen LogP contribution in [0.4, 0.5) is 0 Å². The monoisotopic (exact) mass is 485 g/mol. The van der Waals surface area contributed by atoms with Crippen LogP contribution in [0.5, 0.6) is 0 Å². The van der Waals surface area contributed by atoms with Gasteiger partial charge in [-0.3, -0.25) is 4.98 Å². The van der Waals surface area contributed by atoms with Gasteiger partial charge in [0.05, 0.1) is 27.8 Å². The van der Waals surface area contributed by atoms with Crippen LogP contribution in [0.25, 0.3) is 66.2 Å². The molecule has 0 amide bonds. The number of rotatable bonds is 3. The Bertz CT molecular complexity index is 2120. The van der Waals surface area contributed by atoms with Gasteiger partial charge in [-0.05, 0) is 42.5 Å². The average Bonchev–Trinajstić information content (AvgIpc) is 3.51. The van der Waals surface area contributed by atoms with E-state index in [2.05, 4.69) is 143 Å². The zero-order chi connectivity index (χ0) is 25.1. The van der Waals surface area contributed by atoms with E-state index in [0.717, 1.165) is 28.1 Å². The number of fused-ring (bicyclic) bond motifs is 6. The Morgan fingerprint density at radius 3 is 1.74 bits per heavy atom. The number of para-hydroxylation sites is 5. The molecule has 0 aliphatic carbocycles. The molecule has 178 valence electrons. The van der Waals surface area contributed by atoms with Crippen LogP contribution in [0, 0.1) is 0 Å². The highest BCUT2D eigenvalue weighted by Gasteiger charge is 2.21. The first kappa shape index (κ1) is 21.0. The second-order valence-corrected chi connectivity index (χ2v) is 9.63. The van der Waals surface area contributed by atoms with Gasteiger partial charge in [0, 0.05) is 44.7 Å². The minimum Gasteiger partial charge on any atom is -0.309 e. The van der Waals surface area contributed by atoms with Crippen LogP contribution >= 0.6 is 0 Å². The first-order chi connectivity index (χ1) is 18.9. The van der Waals surface area contributed by atoms with Crippen molar-refractivity contribution in [2.24, 2.45) is 0 Å². The lowest BCUT2D eigenvalue weighted by Crippen LogP contribution is -1.96. The van der Waals surface area contributed by atoms with Gasteiger partial charge in [-0.15, -0.1) is 0 Å². The van der Waals surface area contributed by atoms with Crippen molar-refractivity contribution in [3.05, 3.63) is 140 Å². The van der Waals surface area contributed by atoms with E-state index in [1.807, 2.05) is 6.20 Å². The lowest BCUT2D eigenvalue weighted by Gasteiger charge is -2.12. The number of benzene rings is 5. The van der Waals surface area contributed by atoms with E-state index in [1.54, 1.807) is 0 Å². The Hall–Kier alpha value is -5.15. The third-order valence-electron chi connectivity index (χ3n) is 7.56. The molecule has 0 spiro atoms. The summed E-state index contributed by atoms with van der Waals surface area (Å²) in [4.78, 5) is 5.06. The molecule has 8 aromatic rings. The maximum Gasteiger partial charge on any atom is 0.0823 e. The van der Waals surface area contributed by atoms with Crippen molar-refractivity contribution in [3.8, 4) is 22.6 Å². The molecule has 5 aromatic carbocycles. The Morgan fingerprint density at radius 2 is 1.00 bits per heavy atom. The van der Waals surface area contributed by atoms with Crippen molar-refractivity contribution in [2.75, 3.05) is 0 Å². The molecule has 3 nitrogen and oxygen atoms in total. The van der Waals surface area contributed by atoms with Crippen molar-refractivity contribution >= 4 is 43.6 Å². The third-order valence-corrected chi connectivity index (χ3v) is 7.56. The number of hydrogen-bond donors (Lipinski definition) is 0. The molecular formula is C35H23N3. The summed E-state index contributed by atoms with van der Waals surface area (Å²) in [6.45, 7) is 0. The highest BCUT2D eigenvalue weighted by Crippen LogP contribution is 2.42. The van der Waals surface area contributed by atoms with Gasteiger partial charge in [-0.2, -0.15) is 0 Å². The van der Waals surface area contributed by atoms with E-state index in [9.17, 15) is 0 Å². The Morgan fingerprint density at radius 1 is 0.421 bits per heavy atom. The summed E-state index contributed by atoms with van der Waals surface area (Å²) < 4.78 is 4.74. The summed E-state index contributed by atoms with van der Waals surface area (Å²) in [6, 6.07) is 47.3. The SMILES string of the molecule is c1ccc(-n2c3ccccc3c3c(-c4cccc5c6ccccc6n(-c6ccccc6)c45)nccc32)cc1. The zero-order valence-electron chi connectivity index (χ0n) is 20.6. The Balaban J connectivity index is 1.55. The Labute approximate surface area is 219 Å². The van der Waals surface area contributed by atoms with Gasteiger partial charge >= 0.3 is 0 Å². The molecule has 0 radical (unpaired) electrons. The highest BCUT2D eigenvalue weighted by molar-refractivity contribution is 6.19. The van der Waals surface area contributed by atoms with Crippen molar-refractivity contribution in [1.29, 1.82) is 0 Å². The molecule has 0 saturated carbocycles. The van der Waals surface area contributed by atoms with E-state index in [0.29, 0.717) is 0 Å². The summed E-state index contributed by atoms with van der Waals surface area (Å²) in [6.07, 6.45) is 1.95. The van der Waals surface area contributed by atoms with Gasteiger partial charge in [-0.1, -0.05) is 91.0 Å². The summed E-state index contributed by atoms with van der Waals surface area (Å²) in [5.41, 5.74) is 9.12. The minimum absolute atomic E-state index is 0.999. The van der Waals surface area contributed by atoms with Crippen molar-refractivity contribution < 1.29 is 0 Å². The first-order valence-corrected chi connectivity index (χ1v) is 12.9. The number of pyridine rings is 1. The van der Waals surface area contributed by atoms with Gasteiger partial charge in [0.15, 0.2) is 0 Å². The molecule has 8 rings (SSSR count). The second-order valence-electron chi connectivity index (χ2n) is 9.63. The van der Waals surface area contributed by atoms with E-state index in [4.69, 9.17) is 4.98 Å². The number of hydrogen-bond acceptors (Lipinski definition) is 1. The smallest absolute Gasteiger partial charge is 0.0823 e.